The molecule has 0 radical (unpaired) electrons. The largest absolute Gasteiger partial charge is 0.492 e. The van der Waals surface area contributed by atoms with E-state index < -0.39 is 15.9 Å². The predicted molar refractivity (Wildman–Crippen MR) is 123 cm³/mol. The molecule has 0 saturated heterocycles. The summed E-state index contributed by atoms with van der Waals surface area (Å²) in [5.74, 6) is 0.184. The lowest BCUT2D eigenvalue weighted by Gasteiger charge is -2.12. The van der Waals surface area contributed by atoms with Crippen molar-refractivity contribution in [2.45, 2.75) is 11.8 Å². The second kappa shape index (κ2) is 10.0. The zero-order valence-corrected chi connectivity index (χ0v) is 18.9. The van der Waals surface area contributed by atoms with Gasteiger partial charge < -0.3 is 10.1 Å². The number of benzene rings is 3. The second-order valence-electron chi connectivity index (χ2n) is 6.68. The van der Waals surface area contributed by atoms with Gasteiger partial charge in [0.2, 0.25) is 0 Å². The van der Waals surface area contributed by atoms with Crippen molar-refractivity contribution in [1.82, 2.24) is 5.32 Å². The van der Waals surface area contributed by atoms with Crippen molar-refractivity contribution < 1.29 is 17.9 Å². The Morgan fingerprint density at radius 2 is 1.65 bits per heavy atom. The molecule has 162 valence electrons. The summed E-state index contributed by atoms with van der Waals surface area (Å²) in [6.07, 6.45) is 0. The Hall–Kier alpha value is -2.74. The number of ether oxygens (including phenoxy) is 1. The SMILES string of the molecule is Cc1ccc(NS(=O)(=O)c2cc(C(=O)NCCOc3ccc(Cl)cc3)ccc2Cl)cc1. The number of carbonyl (C=O) groups excluding carboxylic acids is 1. The summed E-state index contributed by atoms with van der Waals surface area (Å²) in [5.41, 5.74) is 1.57. The van der Waals surface area contributed by atoms with Crippen molar-refractivity contribution in [3.63, 3.8) is 0 Å². The highest BCUT2D eigenvalue weighted by Crippen LogP contribution is 2.25. The molecule has 0 aliphatic heterocycles. The molecular weight excluding hydrogens is 459 g/mol. The third-order valence-corrected chi connectivity index (χ3v) is 6.37. The lowest BCUT2D eigenvalue weighted by atomic mass is 10.2. The van der Waals surface area contributed by atoms with E-state index in [2.05, 4.69) is 10.0 Å². The second-order valence-corrected chi connectivity index (χ2v) is 9.17. The highest BCUT2D eigenvalue weighted by atomic mass is 35.5. The van der Waals surface area contributed by atoms with E-state index in [1.807, 2.05) is 6.92 Å². The number of halogens is 2. The maximum Gasteiger partial charge on any atom is 0.263 e. The molecule has 2 N–H and O–H groups in total. The first kappa shape index (κ1) is 22.9. The normalized spacial score (nSPS) is 11.1. The minimum absolute atomic E-state index is 0.0160. The Bertz CT molecular complexity index is 1170. The molecule has 3 aromatic rings. The van der Waals surface area contributed by atoms with Gasteiger partial charge in [-0.3, -0.25) is 9.52 Å². The molecule has 0 saturated carbocycles. The number of aryl methyl sites for hydroxylation is 1. The van der Waals surface area contributed by atoms with E-state index in [9.17, 15) is 13.2 Å². The van der Waals surface area contributed by atoms with Crippen LogP contribution in [0.3, 0.4) is 0 Å². The minimum Gasteiger partial charge on any atom is -0.492 e. The average Bonchev–Trinajstić information content (AvgIpc) is 2.74. The van der Waals surface area contributed by atoms with Gasteiger partial charge in [-0.15, -0.1) is 0 Å². The number of sulfonamides is 1. The van der Waals surface area contributed by atoms with Crippen LogP contribution in [0.1, 0.15) is 15.9 Å². The molecule has 0 atom stereocenters. The van der Waals surface area contributed by atoms with Gasteiger partial charge in [-0.2, -0.15) is 0 Å². The molecule has 0 bridgehead atoms. The standard InChI is InChI=1S/C22H20Cl2N2O4S/c1-15-2-7-18(8-3-15)26-31(28,29)21-14-16(4-11-20(21)24)22(27)25-12-13-30-19-9-5-17(23)6-10-19/h2-11,14,26H,12-13H2,1H3,(H,25,27). The summed E-state index contributed by atoms with van der Waals surface area (Å²) in [7, 11) is -3.98. The van der Waals surface area contributed by atoms with Crippen LogP contribution in [-0.4, -0.2) is 27.5 Å². The number of amides is 1. The van der Waals surface area contributed by atoms with Gasteiger partial charge in [-0.25, -0.2) is 8.42 Å². The van der Waals surface area contributed by atoms with E-state index in [0.29, 0.717) is 16.5 Å². The first-order valence-corrected chi connectivity index (χ1v) is 11.5. The molecule has 0 fully saturated rings. The summed E-state index contributed by atoms with van der Waals surface area (Å²) in [6, 6.07) is 17.8. The monoisotopic (exact) mass is 478 g/mol. The number of nitrogens with one attached hydrogen (secondary N) is 2. The summed E-state index contributed by atoms with van der Waals surface area (Å²) in [5, 5.41) is 3.31. The highest BCUT2D eigenvalue weighted by molar-refractivity contribution is 7.92. The van der Waals surface area contributed by atoms with Gasteiger partial charge in [0.1, 0.15) is 17.3 Å². The van der Waals surface area contributed by atoms with Gasteiger partial charge in [0, 0.05) is 16.3 Å². The number of carbonyl (C=O) groups is 1. The maximum absolute atomic E-state index is 12.8. The molecule has 31 heavy (non-hydrogen) atoms. The Morgan fingerprint density at radius 3 is 2.32 bits per heavy atom. The zero-order chi connectivity index (χ0) is 22.4. The number of anilines is 1. The number of hydrogen-bond acceptors (Lipinski definition) is 4. The average molecular weight is 479 g/mol. The van der Waals surface area contributed by atoms with Crippen LogP contribution in [0.2, 0.25) is 10.0 Å². The molecule has 0 spiro atoms. The fraction of sp³-hybridized carbons (Fsp3) is 0.136. The van der Waals surface area contributed by atoms with Crippen molar-refractivity contribution in [2.75, 3.05) is 17.9 Å². The van der Waals surface area contributed by atoms with Crippen molar-refractivity contribution in [3.05, 3.63) is 87.9 Å². The van der Waals surface area contributed by atoms with Crippen LogP contribution in [-0.2, 0) is 10.0 Å². The fourth-order valence-corrected chi connectivity index (χ4v) is 4.36. The molecule has 0 heterocycles. The predicted octanol–water partition coefficient (Wildman–Crippen LogP) is 4.91. The van der Waals surface area contributed by atoms with E-state index in [4.69, 9.17) is 27.9 Å². The van der Waals surface area contributed by atoms with Crippen molar-refractivity contribution in [1.29, 1.82) is 0 Å². The lowest BCUT2D eigenvalue weighted by Crippen LogP contribution is -2.28. The number of hydrogen-bond donors (Lipinski definition) is 2. The van der Waals surface area contributed by atoms with Crippen molar-refractivity contribution in [2.24, 2.45) is 0 Å². The van der Waals surface area contributed by atoms with Crippen molar-refractivity contribution in [3.8, 4) is 5.75 Å². The molecule has 0 aromatic heterocycles. The molecule has 0 unspecified atom stereocenters. The molecule has 0 aliphatic rings. The topological polar surface area (TPSA) is 84.5 Å². The van der Waals surface area contributed by atoms with Gasteiger partial charge in [0.25, 0.3) is 15.9 Å². The Balaban J connectivity index is 1.64. The van der Waals surface area contributed by atoms with Gasteiger partial charge >= 0.3 is 0 Å². The Kier molecular flexibility index (Phi) is 7.43. The van der Waals surface area contributed by atoms with E-state index in [-0.39, 0.29) is 28.6 Å². The fourth-order valence-electron chi connectivity index (χ4n) is 2.65. The summed E-state index contributed by atoms with van der Waals surface area (Å²) < 4.78 is 33.5. The maximum atomic E-state index is 12.8. The van der Waals surface area contributed by atoms with Crippen LogP contribution in [0.15, 0.2) is 71.6 Å². The van der Waals surface area contributed by atoms with Gasteiger partial charge in [0.05, 0.1) is 11.6 Å². The molecule has 9 heteroatoms. The molecule has 0 aliphatic carbocycles. The highest BCUT2D eigenvalue weighted by Gasteiger charge is 2.20. The molecule has 6 nitrogen and oxygen atoms in total. The lowest BCUT2D eigenvalue weighted by molar-refractivity contribution is 0.0947. The van der Waals surface area contributed by atoms with Crippen LogP contribution in [0.4, 0.5) is 5.69 Å². The summed E-state index contributed by atoms with van der Waals surface area (Å²) >= 11 is 11.9. The van der Waals surface area contributed by atoms with Crippen molar-refractivity contribution >= 4 is 44.8 Å². The zero-order valence-electron chi connectivity index (χ0n) is 16.6. The minimum atomic E-state index is -3.98. The number of rotatable bonds is 8. The third-order valence-electron chi connectivity index (χ3n) is 4.26. The van der Waals surface area contributed by atoms with E-state index in [1.165, 1.54) is 18.2 Å². The van der Waals surface area contributed by atoms with Crippen LogP contribution >= 0.6 is 23.2 Å². The van der Waals surface area contributed by atoms with Crippen LogP contribution in [0.5, 0.6) is 5.75 Å². The molecule has 3 aromatic carbocycles. The first-order chi connectivity index (χ1) is 14.7. The molecule has 1 amide bonds. The summed E-state index contributed by atoms with van der Waals surface area (Å²) in [4.78, 5) is 12.3. The quantitative estimate of drug-likeness (QED) is 0.450. The molecule has 3 rings (SSSR count). The van der Waals surface area contributed by atoms with E-state index >= 15 is 0 Å². The van der Waals surface area contributed by atoms with Crippen LogP contribution in [0, 0.1) is 6.92 Å². The van der Waals surface area contributed by atoms with E-state index in [0.717, 1.165) is 5.56 Å². The Labute approximate surface area is 191 Å². The van der Waals surface area contributed by atoms with E-state index in [1.54, 1.807) is 48.5 Å². The smallest absolute Gasteiger partial charge is 0.263 e. The summed E-state index contributed by atoms with van der Waals surface area (Å²) in [6.45, 7) is 2.37. The first-order valence-electron chi connectivity index (χ1n) is 9.30. The molecular formula is C22H20Cl2N2O4S. The van der Waals surface area contributed by atoms with Gasteiger partial charge in [-0.1, -0.05) is 40.9 Å². The van der Waals surface area contributed by atoms with Gasteiger partial charge in [-0.05, 0) is 61.5 Å². The Morgan fingerprint density at radius 1 is 0.968 bits per heavy atom. The third kappa shape index (κ3) is 6.37. The van der Waals surface area contributed by atoms with Crippen LogP contribution < -0.4 is 14.8 Å². The van der Waals surface area contributed by atoms with Crippen LogP contribution in [0.25, 0.3) is 0 Å². The van der Waals surface area contributed by atoms with Gasteiger partial charge in [0.15, 0.2) is 0 Å².